The highest BCUT2D eigenvalue weighted by atomic mass is 35.5. The SMILES string of the molecule is COc1cccc(C2OC2C(=O)c2ccc(Cl)cc2)c1. The number of benzene rings is 2. The summed E-state index contributed by atoms with van der Waals surface area (Å²) in [6, 6.07) is 14.4. The number of hydrogen-bond donors (Lipinski definition) is 0. The molecular weight excluding hydrogens is 276 g/mol. The Balaban J connectivity index is 1.75. The molecule has 1 heterocycles. The maximum atomic E-state index is 12.3. The number of epoxide rings is 1. The van der Waals surface area contributed by atoms with Crippen molar-refractivity contribution in [3.8, 4) is 5.75 Å². The highest BCUT2D eigenvalue weighted by Crippen LogP contribution is 2.41. The molecule has 1 aliphatic rings. The summed E-state index contributed by atoms with van der Waals surface area (Å²) >= 11 is 5.81. The van der Waals surface area contributed by atoms with Crippen molar-refractivity contribution in [2.24, 2.45) is 0 Å². The van der Waals surface area contributed by atoms with Crippen LogP contribution in [-0.2, 0) is 4.74 Å². The van der Waals surface area contributed by atoms with E-state index in [1.54, 1.807) is 31.4 Å². The lowest BCUT2D eigenvalue weighted by Crippen LogP contribution is -2.08. The van der Waals surface area contributed by atoms with Crippen LogP contribution in [0.4, 0.5) is 0 Å². The minimum atomic E-state index is -0.414. The lowest BCUT2D eigenvalue weighted by atomic mass is 10.0. The molecular formula is C16H13ClO3. The van der Waals surface area contributed by atoms with Crippen molar-refractivity contribution in [2.75, 3.05) is 7.11 Å². The van der Waals surface area contributed by atoms with E-state index >= 15 is 0 Å². The average Bonchev–Trinajstić information content (AvgIpc) is 3.28. The fourth-order valence-electron chi connectivity index (χ4n) is 2.16. The summed E-state index contributed by atoms with van der Waals surface area (Å²) in [7, 11) is 1.61. The van der Waals surface area contributed by atoms with E-state index in [0.29, 0.717) is 10.6 Å². The molecule has 0 bridgehead atoms. The van der Waals surface area contributed by atoms with Crippen LogP contribution < -0.4 is 4.74 Å². The number of halogens is 1. The van der Waals surface area contributed by atoms with Crippen LogP contribution in [0.5, 0.6) is 5.75 Å². The first-order valence-corrected chi connectivity index (χ1v) is 6.66. The van der Waals surface area contributed by atoms with E-state index in [1.807, 2.05) is 24.3 Å². The van der Waals surface area contributed by atoms with Crippen molar-refractivity contribution < 1.29 is 14.3 Å². The Morgan fingerprint density at radius 1 is 1.20 bits per heavy atom. The second-order valence-corrected chi connectivity index (χ2v) is 5.06. The topological polar surface area (TPSA) is 38.8 Å². The zero-order valence-corrected chi connectivity index (χ0v) is 11.6. The zero-order chi connectivity index (χ0) is 14.1. The third-order valence-electron chi connectivity index (χ3n) is 3.30. The van der Waals surface area contributed by atoms with E-state index in [1.165, 1.54) is 0 Å². The summed E-state index contributed by atoms with van der Waals surface area (Å²) in [5.74, 6) is 0.741. The molecule has 0 radical (unpaired) electrons. The Hall–Kier alpha value is -1.84. The monoisotopic (exact) mass is 288 g/mol. The zero-order valence-electron chi connectivity index (χ0n) is 10.9. The number of carbonyl (C=O) groups is 1. The molecule has 2 aromatic rings. The van der Waals surface area contributed by atoms with Crippen LogP contribution in [0.15, 0.2) is 48.5 Å². The van der Waals surface area contributed by atoms with E-state index in [-0.39, 0.29) is 11.9 Å². The van der Waals surface area contributed by atoms with Crippen molar-refractivity contribution in [1.82, 2.24) is 0 Å². The van der Waals surface area contributed by atoms with Gasteiger partial charge in [-0.2, -0.15) is 0 Å². The summed E-state index contributed by atoms with van der Waals surface area (Å²) in [6.45, 7) is 0. The number of methoxy groups -OCH3 is 1. The van der Waals surface area contributed by atoms with Crippen LogP contribution in [0.3, 0.4) is 0 Å². The minimum absolute atomic E-state index is 0.0190. The van der Waals surface area contributed by atoms with Gasteiger partial charge in [-0.15, -0.1) is 0 Å². The van der Waals surface area contributed by atoms with E-state index in [4.69, 9.17) is 21.1 Å². The molecule has 0 N–H and O–H groups in total. The molecule has 0 aliphatic carbocycles. The predicted molar refractivity (Wildman–Crippen MR) is 76.4 cm³/mol. The molecule has 102 valence electrons. The summed E-state index contributed by atoms with van der Waals surface area (Å²) in [5, 5.41) is 0.614. The van der Waals surface area contributed by atoms with Gasteiger partial charge in [-0.3, -0.25) is 4.79 Å². The third-order valence-corrected chi connectivity index (χ3v) is 3.55. The number of rotatable bonds is 4. The van der Waals surface area contributed by atoms with Gasteiger partial charge in [-0.05, 0) is 42.0 Å². The third kappa shape index (κ3) is 2.55. The summed E-state index contributed by atoms with van der Waals surface area (Å²) in [5.41, 5.74) is 1.57. The van der Waals surface area contributed by atoms with Crippen LogP contribution in [0.25, 0.3) is 0 Å². The van der Waals surface area contributed by atoms with Crippen molar-refractivity contribution in [3.63, 3.8) is 0 Å². The van der Waals surface area contributed by atoms with Gasteiger partial charge in [0, 0.05) is 10.6 Å². The highest BCUT2D eigenvalue weighted by molar-refractivity contribution is 6.30. The summed E-state index contributed by atoms with van der Waals surface area (Å²) in [6.07, 6.45) is -0.600. The Kier molecular flexibility index (Phi) is 3.47. The van der Waals surface area contributed by atoms with Gasteiger partial charge < -0.3 is 9.47 Å². The number of hydrogen-bond acceptors (Lipinski definition) is 3. The molecule has 0 aromatic heterocycles. The van der Waals surface area contributed by atoms with Crippen LogP contribution in [0, 0.1) is 0 Å². The maximum Gasteiger partial charge on any atom is 0.194 e. The molecule has 1 saturated heterocycles. The van der Waals surface area contributed by atoms with Crippen LogP contribution in [0.2, 0.25) is 5.02 Å². The van der Waals surface area contributed by atoms with Crippen molar-refractivity contribution in [2.45, 2.75) is 12.2 Å². The molecule has 0 saturated carbocycles. The van der Waals surface area contributed by atoms with Gasteiger partial charge in [0.05, 0.1) is 7.11 Å². The summed E-state index contributed by atoms with van der Waals surface area (Å²) < 4.78 is 10.7. The number of ether oxygens (including phenoxy) is 2. The fraction of sp³-hybridized carbons (Fsp3) is 0.188. The van der Waals surface area contributed by atoms with Crippen molar-refractivity contribution >= 4 is 17.4 Å². The standard InChI is InChI=1S/C16H13ClO3/c1-19-13-4-2-3-11(9-13)15-16(20-15)14(18)10-5-7-12(17)8-6-10/h2-9,15-16H,1H3. The van der Waals surface area contributed by atoms with Gasteiger partial charge in [0.25, 0.3) is 0 Å². The first-order chi connectivity index (χ1) is 9.69. The molecule has 1 fully saturated rings. The minimum Gasteiger partial charge on any atom is -0.497 e. The lowest BCUT2D eigenvalue weighted by molar-refractivity contribution is 0.0953. The van der Waals surface area contributed by atoms with E-state index in [2.05, 4.69) is 0 Å². The Morgan fingerprint density at radius 2 is 1.95 bits per heavy atom. The van der Waals surface area contributed by atoms with Gasteiger partial charge >= 0.3 is 0 Å². The molecule has 2 atom stereocenters. The second-order valence-electron chi connectivity index (χ2n) is 4.63. The number of Topliss-reactive ketones (excluding diaryl/α,β-unsaturated/α-hetero) is 1. The normalized spacial score (nSPS) is 20.5. The first kappa shape index (κ1) is 13.2. The van der Waals surface area contributed by atoms with Gasteiger partial charge in [0.1, 0.15) is 11.9 Å². The van der Waals surface area contributed by atoms with Crippen LogP contribution in [-0.4, -0.2) is 19.0 Å². The van der Waals surface area contributed by atoms with Gasteiger partial charge in [-0.1, -0.05) is 23.7 Å². The molecule has 4 heteroatoms. The van der Waals surface area contributed by atoms with Crippen molar-refractivity contribution in [1.29, 1.82) is 0 Å². The first-order valence-electron chi connectivity index (χ1n) is 6.28. The maximum absolute atomic E-state index is 12.3. The van der Waals surface area contributed by atoms with E-state index < -0.39 is 6.10 Å². The Labute approximate surface area is 122 Å². The van der Waals surface area contributed by atoms with Crippen LogP contribution in [0.1, 0.15) is 22.0 Å². The van der Waals surface area contributed by atoms with E-state index in [0.717, 1.165) is 11.3 Å². The molecule has 2 aromatic carbocycles. The Morgan fingerprint density at radius 3 is 2.65 bits per heavy atom. The fourth-order valence-corrected chi connectivity index (χ4v) is 2.29. The molecule has 0 spiro atoms. The largest absolute Gasteiger partial charge is 0.497 e. The van der Waals surface area contributed by atoms with Crippen LogP contribution >= 0.6 is 11.6 Å². The molecule has 20 heavy (non-hydrogen) atoms. The smallest absolute Gasteiger partial charge is 0.194 e. The lowest BCUT2D eigenvalue weighted by Gasteiger charge is -2.01. The summed E-state index contributed by atoms with van der Waals surface area (Å²) in [4.78, 5) is 12.3. The molecule has 1 aliphatic heterocycles. The predicted octanol–water partition coefficient (Wildman–Crippen LogP) is 3.67. The molecule has 3 nitrogen and oxygen atoms in total. The molecule has 0 amide bonds. The molecule has 2 unspecified atom stereocenters. The van der Waals surface area contributed by atoms with Crippen molar-refractivity contribution in [3.05, 3.63) is 64.7 Å². The molecule has 3 rings (SSSR count). The van der Waals surface area contributed by atoms with E-state index in [9.17, 15) is 4.79 Å². The Bertz CT molecular complexity index is 636. The number of carbonyl (C=O) groups excluding carboxylic acids is 1. The highest BCUT2D eigenvalue weighted by Gasteiger charge is 2.46. The van der Waals surface area contributed by atoms with Gasteiger partial charge in [-0.25, -0.2) is 0 Å². The average molecular weight is 289 g/mol. The van der Waals surface area contributed by atoms with Gasteiger partial charge in [0.15, 0.2) is 11.9 Å². The second kappa shape index (κ2) is 5.27. The number of ketones is 1. The quantitative estimate of drug-likeness (QED) is 0.636. The van der Waals surface area contributed by atoms with Gasteiger partial charge in [0.2, 0.25) is 0 Å².